The lowest BCUT2D eigenvalue weighted by Gasteiger charge is -2.29. The highest BCUT2D eigenvalue weighted by Gasteiger charge is 2.16. The van der Waals surface area contributed by atoms with E-state index in [0.717, 1.165) is 17.7 Å². The molecule has 0 aliphatic carbocycles. The lowest BCUT2D eigenvalue weighted by Crippen LogP contribution is -2.31. The van der Waals surface area contributed by atoms with Crippen LogP contribution in [0.25, 0.3) is 0 Å². The Balaban J connectivity index is 2.40. The van der Waals surface area contributed by atoms with Crippen LogP contribution in [-0.2, 0) is 6.42 Å². The van der Waals surface area contributed by atoms with Gasteiger partial charge in [-0.15, -0.1) is 0 Å². The molecule has 1 unspecified atom stereocenters. The largest absolute Gasteiger partial charge is 0.370 e. The van der Waals surface area contributed by atoms with Crippen LogP contribution < -0.4 is 4.90 Å². The third kappa shape index (κ3) is 2.02. The monoisotopic (exact) mass is 215 g/mol. The molecule has 2 heteroatoms. The summed E-state index contributed by atoms with van der Waals surface area (Å²) in [7, 11) is 0. The lowest BCUT2D eigenvalue weighted by molar-refractivity contribution is 0.226. The maximum atomic E-state index is 9.95. The van der Waals surface area contributed by atoms with Crippen molar-refractivity contribution in [2.75, 3.05) is 4.90 Å². The molecule has 1 atom stereocenters. The predicted molar refractivity (Wildman–Crippen MR) is 67.2 cm³/mol. The van der Waals surface area contributed by atoms with E-state index in [-0.39, 0.29) is 0 Å². The summed E-state index contributed by atoms with van der Waals surface area (Å²) in [5, 5.41) is 9.95. The van der Waals surface area contributed by atoms with E-state index in [1.54, 1.807) is 0 Å². The van der Waals surface area contributed by atoms with Crippen molar-refractivity contribution in [1.82, 2.24) is 0 Å². The second-order valence-electron chi connectivity index (χ2n) is 4.04. The van der Waals surface area contributed by atoms with Crippen LogP contribution in [-0.4, -0.2) is 11.3 Å². The van der Waals surface area contributed by atoms with E-state index < -0.39 is 6.23 Å². The molecule has 16 heavy (non-hydrogen) atoms. The minimum atomic E-state index is -0.559. The maximum absolute atomic E-state index is 9.95. The Morgan fingerprint density at radius 2 is 2.06 bits per heavy atom. The highest BCUT2D eigenvalue weighted by Crippen LogP contribution is 2.26. The molecule has 1 aromatic rings. The molecule has 0 fully saturated rings. The Hall–Kier alpha value is -1.54. The smallest absolute Gasteiger partial charge is 0.150 e. The van der Waals surface area contributed by atoms with Crippen LogP contribution >= 0.6 is 0 Å². The van der Waals surface area contributed by atoms with Crippen molar-refractivity contribution in [2.45, 2.75) is 26.5 Å². The molecule has 2 nitrogen and oxygen atoms in total. The molecule has 1 aliphatic rings. The van der Waals surface area contributed by atoms with Gasteiger partial charge in [0.25, 0.3) is 0 Å². The third-order valence-corrected chi connectivity index (χ3v) is 2.81. The van der Waals surface area contributed by atoms with Gasteiger partial charge in [-0.3, -0.25) is 0 Å². The molecule has 1 heterocycles. The van der Waals surface area contributed by atoms with Crippen molar-refractivity contribution in [3.63, 3.8) is 0 Å². The molecule has 0 aromatic heterocycles. The molecule has 0 spiro atoms. The van der Waals surface area contributed by atoms with E-state index >= 15 is 0 Å². The molecule has 0 saturated heterocycles. The summed E-state index contributed by atoms with van der Waals surface area (Å²) in [6.45, 7) is 4.16. The van der Waals surface area contributed by atoms with Crippen LogP contribution in [0, 0.1) is 0 Å². The van der Waals surface area contributed by atoms with Gasteiger partial charge >= 0.3 is 0 Å². The Labute approximate surface area is 96.5 Å². The zero-order valence-electron chi connectivity index (χ0n) is 9.72. The van der Waals surface area contributed by atoms with E-state index in [1.807, 2.05) is 48.4 Å². The number of aliphatic hydroxyl groups is 1. The molecule has 0 amide bonds. The number of aliphatic hydroxyl groups excluding tert-OH is 1. The fourth-order valence-corrected chi connectivity index (χ4v) is 1.94. The number of benzene rings is 1. The summed E-state index contributed by atoms with van der Waals surface area (Å²) in [6.07, 6.45) is 6.14. The summed E-state index contributed by atoms with van der Waals surface area (Å²) in [6, 6.07) is 8.18. The van der Waals surface area contributed by atoms with Crippen molar-refractivity contribution >= 4 is 5.69 Å². The van der Waals surface area contributed by atoms with Gasteiger partial charge < -0.3 is 10.0 Å². The number of para-hydroxylation sites is 1. The van der Waals surface area contributed by atoms with E-state index in [2.05, 4.69) is 13.0 Å². The van der Waals surface area contributed by atoms with Crippen molar-refractivity contribution in [2.24, 2.45) is 0 Å². The van der Waals surface area contributed by atoms with E-state index in [0.29, 0.717) is 0 Å². The molecular weight excluding hydrogens is 198 g/mol. The molecule has 0 radical (unpaired) electrons. The predicted octanol–water partition coefficient (Wildman–Crippen LogP) is 2.85. The Kier molecular flexibility index (Phi) is 3.11. The topological polar surface area (TPSA) is 23.5 Å². The first-order valence-corrected chi connectivity index (χ1v) is 5.63. The molecule has 2 rings (SSSR count). The summed E-state index contributed by atoms with van der Waals surface area (Å²) in [5.74, 6) is 0. The average molecular weight is 215 g/mol. The zero-order valence-corrected chi connectivity index (χ0v) is 9.72. The second kappa shape index (κ2) is 4.54. The van der Waals surface area contributed by atoms with Crippen LogP contribution in [0.2, 0.25) is 0 Å². The number of nitrogens with zero attached hydrogens (tertiary/aromatic N) is 1. The molecule has 1 aliphatic heterocycles. The number of allylic oxidation sites excluding steroid dienone is 2. The van der Waals surface area contributed by atoms with Crippen molar-refractivity contribution in [1.29, 1.82) is 0 Å². The number of anilines is 1. The fourth-order valence-electron chi connectivity index (χ4n) is 1.94. The molecule has 0 saturated carbocycles. The lowest BCUT2D eigenvalue weighted by atomic mass is 10.1. The van der Waals surface area contributed by atoms with Gasteiger partial charge in [0.1, 0.15) is 6.23 Å². The second-order valence-corrected chi connectivity index (χ2v) is 4.04. The summed E-state index contributed by atoms with van der Waals surface area (Å²) < 4.78 is 0. The summed E-state index contributed by atoms with van der Waals surface area (Å²) in [4.78, 5) is 1.91. The standard InChI is InChI=1S/C14H17NO/c1-3-12-6-4-5-7-13(12)15-10-11(2)8-9-14(15)16/h4-10,14,16H,3H2,1-2H3. The third-order valence-electron chi connectivity index (χ3n) is 2.81. The Morgan fingerprint density at radius 3 is 2.81 bits per heavy atom. The van der Waals surface area contributed by atoms with E-state index in [9.17, 15) is 5.11 Å². The first-order valence-electron chi connectivity index (χ1n) is 5.63. The summed E-state index contributed by atoms with van der Waals surface area (Å²) in [5.41, 5.74) is 3.48. The Bertz CT molecular complexity index is 434. The number of rotatable bonds is 2. The van der Waals surface area contributed by atoms with Crippen LogP contribution in [0.3, 0.4) is 0 Å². The minimum Gasteiger partial charge on any atom is -0.370 e. The maximum Gasteiger partial charge on any atom is 0.150 e. The fraction of sp³-hybridized carbons (Fsp3) is 0.286. The molecule has 1 N–H and O–H groups in total. The first-order chi connectivity index (χ1) is 7.72. The van der Waals surface area contributed by atoms with Crippen molar-refractivity contribution in [3.8, 4) is 0 Å². The highest BCUT2D eigenvalue weighted by atomic mass is 16.3. The van der Waals surface area contributed by atoms with Gasteiger partial charge in [-0.2, -0.15) is 0 Å². The molecule has 0 bridgehead atoms. The minimum absolute atomic E-state index is 0.559. The van der Waals surface area contributed by atoms with Crippen LogP contribution in [0.1, 0.15) is 19.4 Å². The van der Waals surface area contributed by atoms with Crippen LogP contribution in [0.4, 0.5) is 5.69 Å². The quantitative estimate of drug-likeness (QED) is 0.820. The van der Waals surface area contributed by atoms with Gasteiger partial charge in [-0.05, 0) is 36.6 Å². The van der Waals surface area contributed by atoms with Gasteiger partial charge in [0.2, 0.25) is 0 Å². The molecule has 84 valence electrons. The molecular formula is C14H17NO. The van der Waals surface area contributed by atoms with Crippen molar-refractivity contribution in [3.05, 3.63) is 53.8 Å². The Morgan fingerprint density at radius 1 is 1.31 bits per heavy atom. The van der Waals surface area contributed by atoms with Crippen molar-refractivity contribution < 1.29 is 5.11 Å². The van der Waals surface area contributed by atoms with Gasteiger partial charge in [0.05, 0.1) is 0 Å². The zero-order chi connectivity index (χ0) is 11.5. The average Bonchev–Trinajstić information content (AvgIpc) is 2.32. The normalized spacial score (nSPS) is 19.8. The van der Waals surface area contributed by atoms with Gasteiger partial charge in [0.15, 0.2) is 0 Å². The van der Waals surface area contributed by atoms with Gasteiger partial charge in [-0.1, -0.05) is 31.2 Å². The number of hydrogen-bond acceptors (Lipinski definition) is 2. The SMILES string of the molecule is CCc1ccccc1N1C=C(C)C=CC1O. The van der Waals surface area contributed by atoms with Crippen LogP contribution in [0.15, 0.2) is 48.2 Å². The first kappa shape index (κ1) is 11.0. The highest BCUT2D eigenvalue weighted by molar-refractivity contribution is 5.58. The van der Waals surface area contributed by atoms with E-state index in [4.69, 9.17) is 0 Å². The van der Waals surface area contributed by atoms with Gasteiger partial charge in [-0.25, -0.2) is 0 Å². The summed E-state index contributed by atoms with van der Waals surface area (Å²) >= 11 is 0. The van der Waals surface area contributed by atoms with Gasteiger partial charge in [0, 0.05) is 11.9 Å². The number of aryl methyl sites for hydroxylation is 1. The van der Waals surface area contributed by atoms with E-state index in [1.165, 1.54) is 5.56 Å². The molecule has 1 aromatic carbocycles. The number of hydrogen-bond donors (Lipinski definition) is 1. The van der Waals surface area contributed by atoms with Crippen LogP contribution in [0.5, 0.6) is 0 Å².